The molecule has 0 amide bonds. The summed E-state index contributed by atoms with van der Waals surface area (Å²) in [4.78, 5) is 8.09. The highest BCUT2D eigenvalue weighted by atomic mass is 19.4. The first kappa shape index (κ1) is 15.7. The maximum atomic E-state index is 13.1. The van der Waals surface area contributed by atoms with E-state index in [1.165, 1.54) is 12.3 Å². The van der Waals surface area contributed by atoms with Crippen LogP contribution in [0.1, 0.15) is 30.1 Å². The minimum absolute atomic E-state index is 0.0167. The topological polar surface area (TPSA) is 58.0 Å². The van der Waals surface area contributed by atoms with Gasteiger partial charge in [-0.15, -0.1) is 0 Å². The van der Waals surface area contributed by atoms with Gasteiger partial charge in [-0.3, -0.25) is 4.98 Å². The molecule has 1 aliphatic rings. The van der Waals surface area contributed by atoms with Gasteiger partial charge in [0.2, 0.25) is 0 Å². The van der Waals surface area contributed by atoms with E-state index in [1.54, 1.807) is 24.4 Å². The second-order valence-corrected chi connectivity index (χ2v) is 5.66. The second-order valence-electron chi connectivity index (χ2n) is 5.66. The first-order chi connectivity index (χ1) is 10.9. The largest absolute Gasteiger partial charge is 0.419 e. The van der Waals surface area contributed by atoms with Crippen LogP contribution in [0.25, 0.3) is 0 Å². The van der Waals surface area contributed by atoms with Gasteiger partial charge in [-0.05, 0) is 43.0 Å². The predicted octanol–water partition coefficient (Wildman–Crippen LogP) is 3.42. The smallest absolute Gasteiger partial charge is 0.393 e. The van der Waals surface area contributed by atoms with Crippen LogP contribution in [-0.2, 0) is 6.18 Å². The van der Waals surface area contributed by atoms with E-state index >= 15 is 0 Å². The third-order valence-electron chi connectivity index (χ3n) is 4.03. The van der Waals surface area contributed by atoms with E-state index < -0.39 is 23.9 Å². The fraction of sp³-hybridized carbons (Fsp3) is 0.375. The quantitative estimate of drug-likeness (QED) is 0.905. The van der Waals surface area contributed by atoms with E-state index in [-0.39, 0.29) is 11.7 Å². The number of aliphatic hydroxyl groups is 1. The summed E-state index contributed by atoms with van der Waals surface area (Å²) < 4.78 is 39.4. The molecule has 1 unspecified atom stereocenters. The summed E-state index contributed by atoms with van der Waals surface area (Å²) in [6.07, 6.45) is -0.904. The third-order valence-corrected chi connectivity index (χ3v) is 4.03. The standard InChI is InChI=1S/C16H16F3N3O/c17-16(18,19)12-4-3-7-21-15(12)22-14(10-8-11(23)9-10)13-5-1-2-6-20-13/h1-7,10-11,14,23H,8-9H2,(H,21,22). The second kappa shape index (κ2) is 6.16. The molecular formula is C16H16F3N3O. The van der Waals surface area contributed by atoms with Crippen LogP contribution in [-0.4, -0.2) is 21.2 Å². The predicted molar refractivity (Wildman–Crippen MR) is 78.6 cm³/mol. The Kier molecular flexibility index (Phi) is 4.21. The van der Waals surface area contributed by atoms with Crippen LogP contribution in [0.5, 0.6) is 0 Å². The minimum Gasteiger partial charge on any atom is -0.393 e. The Balaban J connectivity index is 1.91. The van der Waals surface area contributed by atoms with Crippen molar-refractivity contribution in [3.8, 4) is 0 Å². The van der Waals surface area contributed by atoms with Crippen LogP contribution in [0.3, 0.4) is 0 Å². The molecule has 2 N–H and O–H groups in total. The molecule has 3 rings (SSSR count). The molecule has 0 saturated heterocycles. The lowest BCUT2D eigenvalue weighted by atomic mass is 9.76. The number of nitrogens with zero attached hydrogens (tertiary/aromatic N) is 2. The number of alkyl halides is 3. The van der Waals surface area contributed by atoms with Gasteiger partial charge in [0, 0.05) is 12.4 Å². The number of rotatable bonds is 4. The molecule has 0 aromatic carbocycles. The number of nitrogens with one attached hydrogen (secondary N) is 1. The number of pyridine rings is 2. The summed E-state index contributed by atoms with van der Waals surface area (Å²) in [6, 6.07) is 7.14. The van der Waals surface area contributed by atoms with Crippen molar-refractivity contribution < 1.29 is 18.3 Å². The molecular weight excluding hydrogens is 307 g/mol. The minimum atomic E-state index is -4.48. The molecule has 2 aromatic heterocycles. The van der Waals surface area contributed by atoms with Gasteiger partial charge in [0.25, 0.3) is 0 Å². The zero-order chi connectivity index (χ0) is 16.4. The molecule has 0 radical (unpaired) electrons. The maximum absolute atomic E-state index is 13.1. The van der Waals surface area contributed by atoms with E-state index in [1.807, 2.05) is 0 Å². The molecule has 0 aliphatic heterocycles. The van der Waals surface area contributed by atoms with E-state index in [9.17, 15) is 18.3 Å². The fourth-order valence-electron chi connectivity index (χ4n) is 2.79. The lowest BCUT2D eigenvalue weighted by Gasteiger charge is -2.38. The number of halogens is 3. The fourth-order valence-corrected chi connectivity index (χ4v) is 2.79. The Morgan fingerprint density at radius 2 is 1.83 bits per heavy atom. The molecule has 1 atom stereocenters. The summed E-state index contributed by atoms with van der Waals surface area (Å²) in [7, 11) is 0. The lowest BCUT2D eigenvalue weighted by molar-refractivity contribution is -0.137. The van der Waals surface area contributed by atoms with E-state index in [4.69, 9.17) is 0 Å². The summed E-state index contributed by atoms with van der Waals surface area (Å²) in [5, 5.41) is 12.4. The number of anilines is 1. The van der Waals surface area contributed by atoms with E-state index in [0.717, 1.165) is 6.07 Å². The van der Waals surface area contributed by atoms with Gasteiger partial charge in [0.1, 0.15) is 5.82 Å². The molecule has 4 nitrogen and oxygen atoms in total. The van der Waals surface area contributed by atoms with Crippen molar-refractivity contribution >= 4 is 5.82 Å². The van der Waals surface area contributed by atoms with Gasteiger partial charge in [-0.1, -0.05) is 6.07 Å². The Labute approximate surface area is 131 Å². The van der Waals surface area contributed by atoms with Gasteiger partial charge < -0.3 is 10.4 Å². The molecule has 1 fully saturated rings. The average Bonchev–Trinajstić information content (AvgIpc) is 2.50. The Morgan fingerprint density at radius 1 is 1.09 bits per heavy atom. The van der Waals surface area contributed by atoms with E-state index in [2.05, 4.69) is 15.3 Å². The number of hydrogen-bond acceptors (Lipinski definition) is 4. The molecule has 0 bridgehead atoms. The Bertz CT molecular complexity index is 657. The van der Waals surface area contributed by atoms with Crippen LogP contribution in [0.4, 0.5) is 19.0 Å². The molecule has 0 spiro atoms. The molecule has 1 saturated carbocycles. The van der Waals surface area contributed by atoms with Crippen LogP contribution in [0.15, 0.2) is 42.7 Å². The van der Waals surface area contributed by atoms with Crippen molar-refractivity contribution in [3.05, 3.63) is 54.0 Å². The molecule has 122 valence electrons. The van der Waals surface area contributed by atoms with Gasteiger partial charge in [0.05, 0.1) is 23.4 Å². The third kappa shape index (κ3) is 3.44. The Hall–Kier alpha value is -2.15. The zero-order valence-electron chi connectivity index (χ0n) is 12.2. The van der Waals surface area contributed by atoms with Crippen molar-refractivity contribution in [2.45, 2.75) is 31.2 Å². The maximum Gasteiger partial charge on any atom is 0.419 e. The van der Waals surface area contributed by atoms with Gasteiger partial charge in [0.15, 0.2) is 0 Å². The molecule has 7 heteroatoms. The lowest BCUT2D eigenvalue weighted by Crippen LogP contribution is -2.36. The molecule has 1 aliphatic carbocycles. The molecule has 2 aromatic rings. The normalized spacial score (nSPS) is 22.3. The van der Waals surface area contributed by atoms with Crippen LogP contribution < -0.4 is 5.32 Å². The molecule has 2 heterocycles. The molecule has 23 heavy (non-hydrogen) atoms. The average molecular weight is 323 g/mol. The van der Waals surface area contributed by atoms with Crippen molar-refractivity contribution in [3.63, 3.8) is 0 Å². The summed E-state index contributed by atoms with van der Waals surface area (Å²) in [6.45, 7) is 0. The highest BCUT2D eigenvalue weighted by Crippen LogP contribution is 2.41. The Morgan fingerprint density at radius 3 is 2.43 bits per heavy atom. The SMILES string of the molecule is OC1CC(C(Nc2ncccc2C(F)(F)F)c2ccccn2)C1. The van der Waals surface area contributed by atoms with Crippen LogP contribution in [0, 0.1) is 5.92 Å². The van der Waals surface area contributed by atoms with Crippen molar-refractivity contribution in [2.24, 2.45) is 5.92 Å². The van der Waals surface area contributed by atoms with Gasteiger partial charge in [-0.25, -0.2) is 4.98 Å². The summed E-state index contributed by atoms with van der Waals surface area (Å²) in [5.74, 6) is -0.194. The first-order valence-corrected chi connectivity index (χ1v) is 7.33. The number of hydrogen-bond donors (Lipinski definition) is 2. The number of aliphatic hydroxyl groups excluding tert-OH is 1. The first-order valence-electron chi connectivity index (χ1n) is 7.33. The van der Waals surface area contributed by atoms with Crippen molar-refractivity contribution in [1.82, 2.24) is 9.97 Å². The van der Waals surface area contributed by atoms with Gasteiger partial charge in [-0.2, -0.15) is 13.2 Å². The summed E-state index contributed by atoms with van der Waals surface area (Å²) >= 11 is 0. The van der Waals surface area contributed by atoms with E-state index in [0.29, 0.717) is 18.5 Å². The highest BCUT2D eigenvalue weighted by molar-refractivity contribution is 5.47. The zero-order valence-corrected chi connectivity index (χ0v) is 12.2. The van der Waals surface area contributed by atoms with Crippen LogP contribution >= 0.6 is 0 Å². The van der Waals surface area contributed by atoms with Gasteiger partial charge >= 0.3 is 6.18 Å². The summed E-state index contributed by atoms with van der Waals surface area (Å²) in [5.41, 5.74) is -0.163. The number of aromatic nitrogens is 2. The van der Waals surface area contributed by atoms with Crippen molar-refractivity contribution in [2.75, 3.05) is 5.32 Å². The highest BCUT2D eigenvalue weighted by Gasteiger charge is 2.38. The monoisotopic (exact) mass is 323 g/mol. The van der Waals surface area contributed by atoms with Crippen LogP contribution in [0.2, 0.25) is 0 Å². The van der Waals surface area contributed by atoms with Crippen molar-refractivity contribution in [1.29, 1.82) is 0 Å².